The summed E-state index contributed by atoms with van der Waals surface area (Å²) < 4.78 is 12.3. The zero-order valence-corrected chi connectivity index (χ0v) is 19.5. The molecule has 0 saturated carbocycles. The molecule has 4 N–H and O–H groups in total. The molecule has 2 aromatic heterocycles. The Labute approximate surface area is 201 Å². The van der Waals surface area contributed by atoms with Crippen LogP contribution in [0.5, 0.6) is 5.75 Å². The Balaban J connectivity index is 1.41. The van der Waals surface area contributed by atoms with Crippen LogP contribution in [0.25, 0.3) is 16.7 Å². The van der Waals surface area contributed by atoms with Crippen molar-refractivity contribution in [3.63, 3.8) is 0 Å². The molecule has 0 aliphatic rings. The van der Waals surface area contributed by atoms with Gasteiger partial charge in [0.1, 0.15) is 17.8 Å². The van der Waals surface area contributed by atoms with Crippen LogP contribution in [-0.4, -0.2) is 45.1 Å². The van der Waals surface area contributed by atoms with Crippen molar-refractivity contribution in [3.05, 3.63) is 60.6 Å². The van der Waals surface area contributed by atoms with Crippen molar-refractivity contribution in [1.82, 2.24) is 20.0 Å². The Bertz CT molecular complexity index is 1340. The first-order chi connectivity index (χ1) is 16.7. The molecule has 0 saturated heterocycles. The van der Waals surface area contributed by atoms with Crippen LogP contribution in [0, 0.1) is 0 Å². The van der Waals surface area contributed by atoms with E-state index in [1.807, 2.05) is 37.5 Å². The molecule has 0 aliphatic heterocycles. The Hall–Kier alpha value is -4.38. The summed E-state index contributed by atoms with van der Waals surface area (Å²) in [4.78, 5) is 28.4. The highest BCUT2D eigenvalue weighted by Gasteiger charge is 2.20. The van der Waals surface area contributed by atoms with Gasteiger partial charge in [0.25, 0.3) is 0 Å². The number of hydrogen-bond donors (Lipinski definition) is 4. The van der Waals surface area contributed by atoms with E-state index >= 15 is 0 Å². The molecule has 11 heteroatoms. The van der Waals surface area contributed by atoms with E-state index in [2.05, 4.69) is 26.1 Å². The molecule has 0 spiro atoms. The van der Waals surface area contributed by atoms with Crippen LogP contribution in [0.2, 0.25) is 0 Å². The number of urea groups is 1. The molecular weight excluding hydrogens is 452 g/mol. The minimum atomic E-state index is -0.650. The summed E-state index contributed by atoms with van der Waals surface area (Å²) in [6, 6.07) is 13.6. The molecule has 0 bridgehead atoms. The van der Waals surface area contributed by atoms with E-state index in [-0.39, 0.29) is 18.6 Å². The van der Waals surface area contributed by atoms with Gasteiger partial charge in [0.15, 0.2) is 5.82 Å². The van der Waals surface area contributed by atoms with Gasteiger partial charge in [-0.05, 0) is 36.4 Å². The molecule has 35 heavy (non-hydrogen) atoms. The van der Waals surface area contributed by atoms with Crippen molar-refractivity contribution in [2.75, 3.05) is 23.8 Å². The number of nitrogens with one attached hydrogen (secondary N) is 3. The normalized spacial score (nSPS) is 11.3. The molecule has 0 atom stereocenters. The van der Waals surface area contributed by atoms with Gasteiger partial charge >= 0.3 is 12.1 Å². The molecular formula is C24H26N6O5. The summed E-state index contributed by atoms with van der Waals surface area (Å²) in [5, 5.41) is 20.5. The van der Waals surface area contributed by atoms with E-state index < -0.39 is 12.1 Å². The van der Waals surface area contributed by atoms with Crippen LogP contribution in [0.3, 0.4) is 0 Å². The highest BCUT2D eigenvalue weighted by atomic mass is 16.6. The zero-order chi connectivity index (χ0) is 25.0. The second-order valence-corrected chi connectivity index (χ2v) is 8.76. The number of fused-ring (bicyclic) bond motifs is 1. The number of benzene rings is 2. The van der Waals surface area contributed by atoms with Crippen molar-refractivity contribution < 1.29 is 24.0 Å². The fourth-order valence-electron chi connectivity index (χ4n) is 3.23. The molecule has 182 valence electrons. The number of ether oxygens (including phenoxy) is 1. The number of rotatable bonds is 6. The van der Waals surface area contributed by atoms with Crippen molar-refractivity contribution in [1.29, 1.82) is 0 Å². The molecule has 2 heterocycles. The highest BCUT2D eigenvalue weighted by Crippen LogP contribution is 2.25. The number of aromatic nitrogens is 3. The van der Waals surface area contributed by atoms with E-state index in [1.54, 1.807) is 42.7 Å². The lowest BCUT2D eigenvalue weighted by atomic mass is 9.93. The lowest BCUT2D eigenvalue weighted by Gasteiger charge is -2.12. The summed E-state index contributed by atoms with van der Waals surface area (Å²) in [7, 11) is 0. The first-order valence-corrected chi connectivity index (χ1v) is 10.9. The van der Waals surface area contributed by atoms with Crippen LogP contribution >= 0.6 is 0 Å². The third kappa shape index (κ3) is 5.76. The fraction of sp³-hybridized carbons (Fsp3) is 0.250. The van der Waals surface area contributed by atoms with Crippen LogP contribution in [0.4, 0.5) is 21.1 Å². The standard InChI is InChI=1S/C24H26N6O5/c1-24(2,3)20-13-21(29-35-20)28-22(32)27-15-4-6-16(7-5-15)30-14-26-18-12-17(8-9-19(18)30)34-23(33)25-10-11-31/h4-9,12-14,31H,10-11H2,1-3H3,(H,25,33)(H2,27,28,29,32). The summed E-state index contributed by atoms with van der Waals surface area (Å²) in [6.45, 7) is 5.93. The van der Waals surface area contributed by atoms with E-state index in [1.165, 1.54) is 0 Å². The highest BCUT2D eigenvalue weighted by molar-refractivity contribution is 5.99. The summed E-state index contributed by atoms with van der Waals surface area (Å²) in [5.74, 6) is 1.35. The Kier molecular flexibility index (Phi) is 6.69. The maximum absolute atomic E-state index is 12.3. The number of hydrogen-bond acceptors (Lipinski definition) is 7. The van der Waals surface area contributed by atoms with Gasteiger partial charge in [-0.2, -0.15) is 0 Å². The van der Waals surface area contributed by atoms with Gasteiger partial charge in [-0.15, -0.1) is 0 Å². The van der Waals surface area contributed by atoms with Crippen LogP contribution in [-0.2, 0) is 5.41 Å². The molecule has 0 fully saturated rings. The number of carbonyl (C=O) groups is 2. The largest absolute Gasteiger partial charge is 0.412 e. The Morgan fingerprint density at radius 2 is 1.86 bits per heavy atom. The zero-order valence-electron chi connectivity index (χ0n) is 19.5. The van der Waals surface area contributed by atoms with E-state index in [4.69, 9.17) is 14.4 Å². The lowest BCUT2D eigenvalue weighted by molar-refractivity contribution is 0.195. The van der Waals surface area contributed by atoms with Gasteiger partial charge in [-0.3, -0.25) is 9.88 Å². The molecule has 0 unspecified atom stereocenters. The van der Waals surface area contributed by atoms with Crippen LogP contribution in [0.1, 0.15) is 26.5 Å². The molecule has 3 amide bonds. The van der Waals surface area contributed by atoms with Crippen LogP contribution in [0.15, 0.2) is 59.4 Å². The summed E-state index contributed by atoms with van der Waals surface area (Å²) >= 11 is 0. The fourth-order valence-corrected chi connectivity index (χ4v) is 3.23. The number of amides is 3. The van der Waals surface area contributed by atoms with Crippen molar-refractivity contribution in [2.24, 2.45) is 0 Å². The Morgan fingerprint density at radius 3 is 2.54 bits per heavy atom. The van der Waals surface area contributed by atoms with E-state index in [9.17, 15) is 9.59 Å². The smallest absolute Gasteiger partial charge is 0.410 e. The molecule has 2 aromatic carbocycles. The molecule has 4 rings (SSSR count). The summed E-state index contributed by atoms with van der Waals surface area (Å²) in [6.07, 6.45) is 1.01. The second-order valence-electron chi connectivity index (χ2n) is 8.76. The van der Waals surface area contributed by atoms with Gasteiger partial charge < -0.3 is 25.0 Å². The number of carbonyl (C=O) groups excluding carboxylic acids is 2. The molecule has 4 aromatic rings. The third-order valence-corrected chi connectivity index (χ3v) is 5.00. The monoisotopic (exact) mass is 478 g/mol. The topological polar surface area (TPSA) is 144 Å². The molecule has 0 radical (unpaired) electrons. The first kappa shape index (κ1) is 23.8. The van der Waals surface area contributed by atoms with Crippen molar-refractivity contribution in [3.8, 4) is 11.4 Å². The number of aliphatic hydroxyl groups is 1. The van der Waals surface area contributed by atoms with Crippen molar-refractivity contribution >= 4 is 34.7 Å². The minimum Gasteiger partial charge on any atom is -0.410 e. The van der Waals surface area contributed by atoms with Gasteiger partial charge in [-0.1, -0.05) is 25.9 Å². The number of anilines is 2. The number of nitrogens with zero attached hydrogens (tertiary/aromatic N) is 3. The lowest BCUT2D eigenvalue weighted by Crippen LogP contribution is -2.29. The first-order valence-electron chi connectivity index (χ1n) is 10.9. The maximum Gasteiger partial charge on any atom is 0.412 e. The van der Waals surface area contributed by atoms with Crippen molar-refractivity contribution in [2.45, 2.75) is 26.2 Å². The number of aliphatic hydroxyl groups excluding tert-OH is 1. The number of imidazole rings is 1. The average Bonchev–Trinajstić information content (AvgIpc) is 3.45. The second kappa shape index (κ2) is 9.85. The quantitative estimate of drug-likeness (QED) is 0.327. The summed E-state index contributed by atoms with van der Waals surface area (Å²) in [5.41, 5.74) is 2.67. The van der Waals surface area contributed by atoms with Gasteiger partial charge in [0, 0.05) is 35.5 Å². The third-order valence-electron chi connectivity index (χ3n) is 5.00. The predicted octanol–water partition coefficient (Wildman–Crippen LogP) is 4.04. The maximum atomic E-state index is 12.3. The Morgan fingerprint density at radius 1 is 1.09 bits per heavy atom. The average molecular weight is 479 g/mol. The van der Waals surface area contributed by atoms with E-state index in [0.717, 1.165) is 11.2 Å². The van der Waals surface area contributed by atoms with Gasteiger partial charge in [-0.25, -0.2) is 14.6 Å². The van der Waals surface area contributed by atoms with Gasteiger partial charge in [0.2, 0.25) is 0 Å². The minimum absolute atomic E-state index is 0.112. The molecule has 0 aliphatic carbocycles. The van der Waals surface area contributed by atoms with Crippen LogP contribution < -0.4 is 20.7 Å². The molecule has 11 nitrogen and oxygen atoms in total. The SMILES string of the molecule is CC(C)(C)c1cc(NC(=O)Nc2ccc(-n3cnc4cc(OC(=O)NCCO)ccc43)cc2)no1. The van der Waals surface area contributed by atoms with E-state index in [0.29, 0.717) is 28.5 Å². The van der Waals surface area contributed by atoms with Gasteiger partial charge in [0.05, 0.1) is 17.6 Å². The predicted molar refractivity (Wildman–Crippen MR) is 130 cm³/mol.